The zero-order chi connectivity index (χ0) is 15.6. The Bertz CT molecular complexity index is 559. The van der Waals surface area contributed by atoms with E-state index in [2.05, 4.69) is 4.74 Å². The second-order valence-corrected chi connectivity index (χ2v) is 5.53. The topological polar surface area (TPSA) is 53.4 Å². The highest BCUT2D eigenvalue weighted by atomic mass is 32.2. The minimum absolute atomic E-state index is 0.0703. The number of anilines is 1. The normalized spacial score (nSPS) is 15.9. The molecule has 1 N–H and O–H groups in total. The van der Waals surface area contributed by atoms with Gasteiger partial charge in [-0.25, -0.2) is 0 Å². The first-order chi connectivity index (χ1) is 9.78. The minimum Gasteiger partial charge on any atom is -0.367 e. The Morgan fingerprint density at radius 1 is 1.43 bits per heavy atom. The number of rotatable bonds is 4. The number of hydrogen-bond acceptors (Lipinski definition) is 4. The van der Waals surface area contributed by atoms with Crippen LogP contribution in [-0.4, -0.2) is 29.6 Å². The molecule has 0 unspecified atom stereocenters. The van der Waals surface area contributed by atoms with E-state index in [-0.39, 0.29) is 23.4 Å². The summed E-state index contributed by atoms with van der Waals surface area (Å²) in [6.45, 7) is 0.182. The summed E-state index contributed by atoms with van der Waals surface area (Å²) in [5, 5.41) is 7.82. The third-order valence-electron chi connectivity index (χ3n) is 2.78. The molecule has 0 radical (unpaired) electrons. The fourth-order valence-corrected chi connectivity index (χ4v) is 2.66. The first-order valence-electron chi connectivity index (χ1n) is 6.06. The number of amides is 1. The summed E-state index contributed by atoms with van der Waals surface area (Å²) in [4.78, 5) is 13.0. The summed E-state index contributed by atoms with van der Waals surface area (Å²) in [5.41, 5.74) is 1.71. The molecule has 0 bridgehead atoms. The summed E-state index contributed by atoms with van der Waals surface area (Å²) in [6, 6.07) is 5.03. The number of nitrogens with one attached hydrogen (secondary N) is 1. The molecule has 1 aliphatic rings. The molecular formula is C13H13F3N2O2S. The first-order valence-corrected chi connectivity index (χ1v) is 7.05. The van der Waals surface area contributed by atoms with Crippen molar-refractivity contribution in [1.29, 1.82) is 5.41 Å². The molecule has 2 rings (SSSR count). The van der Waals surface area contributed by atoms with E-state index in [9.17, 15) is 18.0 Å². The molecule has 0 aliphatic carbocycles. The van der Waals surface area contributed by atoms with Crippen molar-refractivity contribution < 1.29 is 22.7 Å². The Morgan fingerprint density at radius 2 is 2.14 bits per heavy atom. The van der Waals surface area contributed by atoms with Gasteiger partial charge in [-0.05, 0) is 13.0 Å². The van der Waals surface area contributed by atoms with Crippen molar-refractivity contribution in [2.75, 3.05) is 17.3 Å². The maximum atomic E-state index is 12.1. The van der Waals surface area contributed by atoms with Gasteiger partial charge in [0.25, 0.3) is 0 Å². The number of aryl methyl sites for hydroxylation is 1. The van der Waals surface area contributed by atoms with E-state index >= 15 is 0 Å². The quantitative estimate of drug-likeness (QED) is 0.928. The standard InChI is InChI=1S/C13H13F3N2O2S/c1-8-2-3-10(18-11(19)6-21-12(18)17)9(4-8)5-20-7-13(14,15)16/h2-4,17H,5-7H2,1H3. The van der Waals surface area contributed by atoms with E-state index in [4.69, 9.17) is 5.41 Å². The molecule has 0 aromatic heterocycles. The van der Waals surface area contributed by atoms with Crippen LogP contribution in [0.15, 0.2) is 18.2 Å². The van der Waals surface area contributed by atoms with E-state index in [1.165, 1.54) is 4.90 Å². The number of halogens is 3. The number of carbonyl (C=O) groups excluding carboxylic acids is 1. The van der Waals surface area contributed by atoms with Crippen LogP contribution in [-0.2, 0) is 16.1 Å². The van der Waals surface area contributed by atoms with Gasteiger partial charge in [-0.15, -0.1) is 0 Å². The van der Waals surface area contributed by atoms with E-state index in [1.54, 1.807) is 25.1 Å². The molecule has 1 aliphatic heterocycles. The number of nitrogens with zero attached hydrogens (tertiary/aromatic N) is 1. The molecule has 4 nitrogen and oxygen atoms in total. The molecule has 1 fully saturated rings. The minimum atomic E-state index is -4.39. The molecule has 1 amide bonds. The van der Waals surface area contributed by atoms with Gasteiger partial charge in [-0.1, -0.05) is 29.5 Å². The summed E-state index contributed by atoms with van der Waals surface area (Å²) in [7, 11) is 0. The number of thioether (sulfide) groups is 1. The molecule has 21 heavy (non-hydrogen) atoms. The SMILES string of the molecule is Cc1ccc(N2C(=N)SCC2=O)c(COCC(F)(F)F)c1. The van der Waals surface area contributed by atoms with Crippen LogP contribution in [0.5, 0.6) is 0 Å². The van der Waals surface area contributed by atoms with E-state index < -0.39 is 12.8 Å². The molecule has 1 aromatic rings. The van der Waals surface area contributed by atoms with Gasteiger partial charge in [0.2, 0.25) is 5.91 Å². The lowest BCUT2D eigenvalue weighted by Crippen LogP contribution is -2.29. The van der Waals surface area contributed by atoms with Gasteiger partial charge in [0.05, 0.1) is 18.0 Å². The molecule has 1 heterocycles. The maximum absolute atomic E-state index is 12.1. The Hall–Kier alpha value is -1.54. The van der Waals surface area contributed by atoms with Crippen LogP contribution in [0.4, 0.5) is 18.9 Å². The van der Waals surface area contributed by atoms with E-state index in [0.717, 1.165) is 17.3 Å². The van der Waals surface area contributed by atoms with E-state index in [1.807, 2.05) is 0 Å². The molecule has 114 valence electrons. The lowest BCUT2D eigenvalue weighted by atomic mass is 10.1. The van der Waals surface area contributed by atoms with Crippen LogP contribution in [0.3, 0.4) is 0 Å². The van der Waals surface area contributed by atoms with Crippen LogP contribution in [0, 0.1) is 12.3 Å². The van der Waals surface area contributed by atoms with Crippen molar-refractivity contribution in [3.8, 4) is 0 Å². The summed E-state index contributed by atoms with van der Waals surface area (Å²) in [6.07, 6.45) is -4.39. The van der Waals surface area contributed by atoms with Gasteiger partial charge in [0.1, 0.15) is 6.61 Å². The Kier molecular flexibility index (Phi) is 4.58. The number of amidine groups is 1. The van der Waals surface area contributed by atoms with Gasteiger partial charge in [-0.3, -0.25) is 15.1 Å². The smallest absolute Gasteiger partial charge is 0.367 e. The maximum Gasteiger partial charge on any atom is 0.411 e. The lowest BCUT2D eigenvalue weighted by molar-refractivity contribution is -0.176. The second-order valence-electron chi connectivity index (χ2n) is 4.56. The van der Waals surface area contributed by atoms with Crippen molar-refractivity contribution >= 4 is 28.5 Å². The van der Waals surface area contributed by atoms with Gasteiger partial charge >= 0.3 is 6.18 Å². The zero-order valence-corrected chi connectivity index (χ0v) is 12.0. The van der Waals surface area contributed by atoms with Crippen molar-refractivity contribution in [2.45, 2.75) is 19.7 Å². The average Bonchev–Trinajstić information content (AvgIpc) is 2.69. The fourth-order valence-electron chi connectivity index (χ4n) is 1.94. The predicted molar refractivity (Wildman–Crippen MR) is 74.6 cm³/mol. The van der Waals surface area contributed by atoms with Crippen LogP contribution in [0.25, 0.3) is 0 Å². The Morgan fingerprint density at radius 3 is 2.71 bits per heavy atom. The summed E-state index contributed by atoms with van der Waals surface area (Å²) in [5.74, 6) is -0.0961. The number of ether oxygens (including phenoxy) is 1. The first kappa shape index (κ1) is 15.8. The molecule has 1 saturated heterocycles. The highest BCUT2D eigenvalue weighted by molar-refractivity contribution is 8.15. The van der Waals surface area contributed by atoms with Crippen LogP contribution in [0.2, 0.25) is 0 Å². The lowest BCUT2D eigenvalue weighted by Gasteiger charge is -2.20. The van der Waals surface area contributed by atoms with Crippen molar-refractivity contribution in [1.82, 2.24) is 0 Å². The largest absolute Gasteiger partial charge is 0.411 e. The van der Waals surface area contributed by atoms with Crippen molar-refractivity contribution in [2.24, 2.45) is 0 Å². The Balaban J connectivity index is 2.21. The third kappa shape index (κ3) is 3.98. The zero-order valence-electron chi connectivity index (χ0n) is 11.2. The second kappa shape index (κ2) is 6.07. The van der Waals surface area contributed by atoms with Crippen molar-refractivity contribution in [3.63, 3.8) is 0 Å². The molecule has 0 atom stereocenters. The van der Waals surface area contributed by atoms with Gasteiger partial charge < -0.3 is 4.74 Å². The molecule has 1 aromatic carbocycles. The highest BCUT2D eigenvalue weighted by Crippen LogP contribution is 2.30. The Labute approximate surface area is 123 Å². The molecule has 0 saturated carbocycles. The number of hydrogen-bond donors (Lipinski definition) is 1. The number of carbonyl (C=O) groups is 1. The molecule has 0 spiro atoms. The van der Waals surface area contributed by atoms with Crippen LogP contribution in [0.1, 0.15) is 11.1 Å². The average molecular weight is 318 g/mol. The highest BCUT2D eigenvalue weighted by Gasteiger charge is 2.31. The summed E-state index contributed by atoms with van der Waals surface area (Å²) < 4.78 is 41.1. The summed E-state index contributed by atoms with van der Waals surface area (Å²) >= 11 is 1.09. The van der Waals surface area contributed by atoms with Gasteiger partial charge in [-0.2, -0.15) is 13.2 Å². The van der Waals surface area contributed by atoms with Gasteiger partial charge in [0, 0.05) is 5.56 Å². The predicted octanol–water partition coefficient (Wildman–Crippen LogP) is 3.09. The monoisotopic (exact) mass is 318 g/mol. The fraction of sp³-hybridized carbons (Fsp3) is 0.385. The van der Waals surface area contributed by atoms with Crippen LogP contribution >= 0.6 is 11.8 Å². The van der Waals surface area contributed by atoms with Crippen molar-refractivity contribution in [3.05, 3.63) is 29.3 Å². The van der Waals surface area contributed by atoms with Crippen LogP contribution < -0.4 is 4.90 Å². The third-order valence-corrected chi connectivity index (χ3v) is 3.63. The van der Waals surface area contributed by atoms with Gasteiger partial charge in [0.15, 0.2) is 5.17 Å². The molecule has 8 heteroatoms. The van der Waals surface area contributed by atoms with E-state index in [0.29, 0.717) is 11.3 Å². The number of alkyl halides is 3. The number of benzene rings is 1. The molecular weight excluding hydrogens is 305 g/mol.